The van der Waals surface area contributed by atoms with Crippen molar-refractivity contribution in [2.24, 2.45) is 0 Å². The largest absolute Gasteiger partial charge is 0.390 e. The lowest BCUT2D eigenvalue weighted by Crippen LogP contribution is -2.34. The molecule has 86 valence electrons. The Morgan fingerprint density at radius 2 is 2.33 bits per heavy atom. The summed E-state index contributed by atoms with van der Waals surface area (Å²) in [4.78, 5) is 2.10. The van der Waals surface area contributed by atoms with E-state index >= 15 is 0 Å². The number of aliphatic hydroxyl groups excluding tert-OH is 1. The van der Waals surface area contributed by atoms with E-state index in [4.69, 9.17) is 0 Å². The molecule has 15 heavy (non-hydrogen) atoms. The fourth-order valence-electron chi connectivity index (χ4n) is 1.26. The number of aromatic nitrogens is 2. The predicted molar refractivity (Wildman–Crippen MR) is 59.7 cm³/mol. The molecule has 5 heteroatoms. The van der Waals surface area contributed by atoms with Gasteiger partial charge in [0.2, 0.25) is 0 Å². The number of likely N-dealkylation sites (N-methyl/N-ethyl adjacent to an activating group) is 1. The molecule has 0 saturated carbocycles. The molecule has 1 aromatic heterocycles. The van der Waals surface area contributed by atoms with Crippen molar-refractivity contribution >= 4 is 0 Å². The second kappa shape index (κ2) is 6.55. The van der Waals surface area contributed by atoms with E-state index in [0.717, 1.165) is 13.1 Å². The van der Waals surface area contributed by atoms with Gasteiger partial charge in [-0.15, -0.1) is 0 Å². The molecule has 1 unspecified atom stereocenters. The number of aliphatic hydroxyl groups is 1. The summed E-state index contributed by atoms with van der Waals surface area (Å²) in [5.41, 5.74) is 0. The third-order valence-corrected chi connectivity index (χ3v) is 2.07. The van der Waals surface area contributed by atoms with Crippen molar-refractivity contribution in [3.63, 3.8) is 0 Å². The molecule has 5 nitrogen and oxygen atoms in total. The number of nitrogens with one attached hydrogen (secondary N) is 1. The zero-order valence-electron chi connectivity index (χ0n) is 9.43. The lowest BCUT2D eigenvalue weighted by Gasteiger charge is -2.13. The minimum atomic E-state index is -0.382. The van der Waals surface area contributed by atoms with Crippen molar-refractivity contribution in [3.05, 3.63) is 18.5 Å². The summed E-state index contributed by atoms with van der Waals surface area (Å²) in [6.45, 7) is 3.02. The Hall–Kier alpha value is -0.910. The van der Waals surface area contributed by atoms with Crippen LogP contribution in [-0.4, -0.2) is 59.6 Å². The third kappa shape index (κ3) is 5.51. The topological polar surface area (TPSA) is 53.3 Å². The van der Waals surface area contributed by atoms with Crippen LogP contribution in [0.4, 0.5) is 0 Å². The monoisotopic (exact) mass is 212 g/mol. The van der Waals surface area contributed by atoms with Crippen LogP contribution >= 0.6 is 0 Å². The lowest BCUT2D eigenvalue weighted by molar-refractivity contribution is 0.146. The fourth-order valence-corrected chi connectivity index (χ4v) is 1.26. The summed E-state index contributed by atoms with van der Waals surface area (Å²) >= 11 is 0. The van der Waals surface area contributed by atoms with Gasteiger partial charge in [0.15, 0.2) is 0 Å². The van der Waals surface area contributed by atoms with Gasteiger partial charge in [-0.3, -0.25) is 4.68 Å². The van der Waals surface area contributed by atoms with Crippen LogP contribution in [0.3, 0.4) is 0 Å². The molecule has 0 bridgehead atoms. The van der Waals surface area contributed by atoms with Gasteiger partial charge in [-0.05, 0) is 20.2 Å². The van der Waals surface area contributed by atoms with Gasteiger partial charge in [0, 0.05) is 32.0 Å². The third-order valence-electron chi connectivity index (χ3n) is 2.07. The van der Waals surface area contributed by atoms with Crippen molar-refractivity contribution in [1.82, 2.24) is 20.0 Å². The molecule has 0 aromatic carbocycles. The van der Waals surface area contributed by atoms with Crippen LogP contribution in [-0.2, 0) is 6.54 Å². The van der Waals surface area contributed by atoms with Crippen molar-refractivity contribution in [2.45, 2.75) is 12.6 Å². The number of nitrogens with zero attached hydrogens (tertiary/aromatic N) is 3. The van der Waals surface area contributed by atoms with Gasteiger partial charge in [-0.25, -0.2) is 0 Å². The van der Waals surface area contributed by atoms with Crippen molar-refractivity contribution in [3.8, 4) is 0 Å². The van der Waals surface area contributed by atoms with Crippen molar-refractivity contribution < 1.29 is 5.11 Å². The molecule has 1 aromatic rings. The van der Waals surface area contributed by atoms with E-state index in [9.17, 15) is 5.11 Å². The highest BCUT2D eigenvalue weighted by atomic mass is 16.3. The first kappa shape index (κ1) is 12.2. The minimum absolute atomic E-state index is 0.382. The van der Waals surface area contributed by atoms with Gasteiger partial charge in [0.25, 0.3) is 0 Å². The highest BCUT2D eigenvalue weighted by Gasteiger charge is 2.04. The first-order chi connectivity index (χ1) is 7.18. The molecule has 0 radical (unpaired) electrons. The van der Waals surface area contributed by atoms with Gasteiger partial charge in [-0.1, -0.05) is 0 Å². The van der Waals surface area contributed by atoms with E-state index in [1.807, 2.05) is 26.4 Å². The first-order valence-electron chi connectivity index (χ1n) is 5.19. The first-order valence-corrected chi connectivity index (χ1v) is 5.19. The van der Waals surface area contributed by atoms with E-state index < -0.39 is 0 Å². The standard InChI is InChI=1S/C10H20N4O/c1-13(2)7-5-11-8-10(15)9-14-6-3-4-12-14/h3-4,6,10-11,15H,5,7-9H2,1-2H3. The maximum atomic E-state index is 9.65. The highest BCUT2D eigenvalue weighted by Crippen LogP contribution is 1.89. The van der Waals surface area contributed by atoms with Gasteiger partial charge >= 0.3 is 0 Å². The number of hydrogen-bond donors (Lipinski definition) is 2. The molecule has 0 aliphatic rings. The fraction of sp³-hybridized carbons (Fsp3) is 0.700. The van der Waals surface area contributed by atoms with Crippen LogP contribution in [0.25, 0.3) is 0 Å². The molecule has 0 amide bonds. The average Bonchev–Trinajstić information content (AvgIpc) is 2.64. The zero-order chi connectivity index (χ0) is 11.1. The van der Waals surface area contributed by atoms with Gasteiger partial charge in [0.1, 0.15) is 0 Å². The maximum absolute atomic E-state index is 9.65. The van der Waals surface area contributed by atoms with Crippen molar-refractivity contribution in [1.29, 1.82) is 0 Å². The second-order valence-corrected chi connectivity index (χ2v) is 3.89. The summed E-state index contributed by atoms with van der Waals surface area (Å²) in [7, 11) is 4.06. The highest BCUT2D eigenvalue weighted by molar-refractivity contribution is 4.78. The quantitative estimate of drug-likeness (QED) is 0.592. The summed E-state index contributed by atoms with van der Waals surface area (Å²) in [6, 6.07) is 1.85. The molecule has 1 heterocycles. The van der Waals surface area contributed by atoms with E-state index in [2.05, 4.69) is 15.3 Å². The minimum Gasteiger partial charge on any atom is -0.390 e. The molecule has 1 rings (SSSR count). The average molecular weight is 212 g/mol. The maximum Gasteiger partial charge on any atom is 0.0860 e. The smallest absolute Gasteiger partial charge is 0.0860 e. The van der Waals surface area contributed by atoms with Crippen LogP contribution in [0.2, 0.25) is 0 Å². The van der Waals surface area contributed by atoms with Crippen LogP contribution in [0, 0.1) is 0 Å². The molecule has 0 fully saturated rings. The van der Waals surface area contributed by atoms with Crippen LogP contribution < -0.4 is 5.32 Å². The van der Waals surface area contributed by atoms with Crippen LogP contribution in [0.5, 0.6) is 0 Å². The van der Waals surface area contributed by atoms with Crippen molar-refractivity contribution in [2.75, 3.05) is 33.7 Å². The molecular weight excluding hydrogens is 192 g/mol. The van der Waals surface area contributed by atoms with E-state index in [0.29, 0.717) is 13.1 Å². The van der Waals surface area contributed by atoms with Gasteiger partial charge < -0.3 is 15.3 Å². The Morgan fingerprint density at radius 3 is 2.93 bits per heavy atom. The zero-order valence-corrected chi connectivity index (χ0v) is 9.43. The molecule has 1 atom stereocenters. The van der Waals surface area contributed by atoms with Crippen LogP contribution in [0.1, 0.15) is 0 Å². The van der Waals surface area contributed by atoms with E-state index in [-0.39, 0.29) is 6.10 Å². The molecular formula is C10H20N4O. The Morgan fingerprint density at radius 1 is 1.53 bits per heavy atom. The number of hydrogen-bond acceptors (Lipinski definition) is 4. The van der Waals surface area contributed by atoms with Crippen LogP contribution in [0.15, 0.2) is 18.5 Å². The molecule has 0 aliphatic heterocycles. The number of rotatable bonds is 7. The molecule has 0 spiro atoms. The molecule has 0 aliphatic carbocycles. The summed E-state index contributed by atoms with van der Waals surface area (Å²) < 4.78 is 1.73. The lowest BCUT2D eigenvalue weighted by atomic mass is 10.3. The predicted octanol–water partition coefficient (Wildman–Crippen LogP) is -0.605. The summed E-state index contributed by atoms with van der Waals surface area (Å²) in [5, 5.41) is 16.9. The Bertz CT molecular complexity index is 248. The van der Waals surface area contributed by atoms with E-state index in [1.165, 1.54) is 0 Å². The normalized spacial score (nSPS) is 13.3. The Balaban J connectivity index is 2.06. The summed E-state index contributed by atoms with van der Waals surface area (Å²) in [5.74, 6) is 0. The molecule has 0 saturated heterocycles. The van der Waals surface area contributed by atoms with Gasteiger partial charge in [-0.2, -0.15) is 5.10 Å². The second-order valence-electron chi connectivity index (χ2n) is 3.89. The summed E-state index contributed by atoms with van der Waals surface area (Å²) in [6.07, 6.45) is 3.18. The Labute approximate surface area is 90.7 Å². The SMILES string of the molecule is CN(C)CCNCC(O)Cn1cccn1. The Kier molecular flexibility index (Phi) is 5.31. The van der Waals surface area contributed by atoms with Gasteiger partial charge in [0.05, 0.1) is 12.6 Å². The molecule has 2 N–H and O–H groups in total. The van der Waals surface area contributed by atoms with E-state index in [1.54, 1.807) is 10.9 Å².